The first-order valence-corrected chi connectivity index (χ1v) is 2.19. The smallest absolute Gasteiger partial charge is 2.00 e. The van der Waals surface area contributed by atoms with Crippen molar-refractivity contribution in [2.45, 2.75) is 0 Å². The molecule has 0 saturated carbocycles. The van der Waals surface area contributed by atoms with Gasteiger partial charge in [0.05, 0.1) is 0 Å². The van der Waals surface area contributed by atoms with Crippen LogP contribution in [0.3, 0.4) is 0 Å². The molecule has 8 heteroatoms. The number of hydrogen-bond donors (Lipinski definition) is 0. The van der Waals surface area contributed by atoms with Gasteiger partial charge in [0.1, 0.15) is 0 Å². The van der Waals surface area contributed by atoms with E-state index in [2.05, 4.69) is 0 Å². The van der Waals surface area contributed by atoms with Crippen LogP contribution < -0.4 is 14.7 Å². The van der Waals surface area contributed by atoms with Gasteiger partial charge in [0.2, 0.25) is 0 Å². The molecule has 0 aromatic rings. The molecule has 0 aliphatic rings. The van der Waals surface area contributed by atoms with E-state index in [1.165, 1.54) is 0 Å². The zero-order valence-electron chi connectivity index (χ0n) is 3.70. The summed E-state index contributed by atoms with van der Waals surface area (Å²) in [4.78, 5) is 25.6. The van der Waals surface area contributed by atoms with Gasteiger partial charge in [-0.1, -0.05) is 0 Å². The standard InChI is InChI=1S/Ca.H3O4P.O.Ti/c;1-5(2,3)4;;/h;(H3,1,2,3,4);;/q+2;;-2;+4/p-3. The molecule has 8 heavy (non-hydrogen) atoms. The summed E-state index contributed by atoms with van der Waals surface area (Å²) in [7, 11) is -5.39. The number of rotatable bonds is 0. The molecular formula is CaO5PTi+. The minimum absolute atomic E-state index is 0. The van der Waals surface area contributed by atoms with Crippen molar-refractivity contribution in [3.05, 3.63) is 0 Å². The van der Waals surface area contributed by atoms with Gasteiger partial charge in [-0.15, -0.1) is 0 Å². The van der Waals surface area contributed by atoms with Crippen LogP contribution in [0.4, 0.5) is 0 Å². The Morgan fingerprint density at radius 1 is 1.12 bits per heavy atom. The quantitative estimate of drug-likeness (QED) is 0.299. The molecule has 0 aliphatic carbocycles. The number of phosphoric acid groups is 1. The van der Waals surface area contributed by atoms with Crippen LogP contribution in [-0.4, -0.2) is 37.7 Å². The Kier molecular flexibility index (Phi) is 25.4. The second-order valence-corrected chi connectivity index (χ2v) is 1.34. The molecule has 0 rings (SSSR count). The maximum atomic E-state index is 8.55. The third-order valence-corrected chi connectivity index (χ3v) is 0. The van der Waals surface area contributed by atoms with Crippen molar-refractivity contribution >= 4 is 45.6 Å². The van der Waals surface area contributed by atoms with Crippen LogP contribution in [0.25, 0.3) is 0 Å². The Balaban J connectivity index is -0.0000000267. The molecule has 0 aromatic heterocycles. The van der Waals surface area contributed by atoms with E-state index in [9.17, 15) is 0 Å². The molecular weight excluding hydrogens is 199 g/mol. The summed E-state index contributed by atoms with van der Waals surface area (Å²) in [5.41, 5.74) is 0. The molecule has 0 radical (unpaired) electrons. The molecule has 40 valence electrons. The average molecular weight is 199 g/mol. The van der Waals surface area contributed by atoms with Crippen LogP contribution in [-0.2, 0) is 31.8 Å². The third-order valence-electron chi connectivity index (χ3n) is 0. The minimum Gasteiger partial charge on any atom is -2.00 e. The molecule has 5 nitrogen and oxygen atoms in total. The van der Waals surface area contributed by atoms with Crippen molar-refractivity contribution in [1.82, 2.24) is 0 Å². The Morgan fingerprint density at radius 2 is 1.12 bits per heavy atom. The van der Waals surface area contributed by atoms with Crippen LogP contribution >= 0.6 is 7.82 Å². The van der Waals surface area contributed by atoms with E-state index in [1.807, 2.05) is 0 Å². The molecule has 0 bridgehead atoms. The molecule has 0 aromatic carbocycles. The Labute approximate surface area is 90.9 Å². The SMILES string of the molecule is O=P([O-])([O-])[O-].[Ca+2].[O-2].[Ti+4]. The van der Waals surface area contributed by atoms with Crippen LogP contribution in [0.1, 0.15) is 0 Å². The average Bonchev–Trinajstić information content (AvgIpc) is 0.722. The predicted octanol–water partition coefficient (Wildman–Crippen LogP) is -3.33. The fourth-order valence-corrected chi connectivity index (χ4v) is 0. The summed E-state index contributed by atoms with van der Waals surface area (Å²) in [6.07, 6.45) is 0. The van der Waals surface area contributed by atoms with Gasteiger partial charge in [-0.25, -0.2) is 0 Å². The van der Waals surface area contributed by atoms with Gasteiger partial charge in [0.25, 0.3) is 0 Å². The molecule has 0 heterocycles. The van der Waals surface area contributed by atoms with Gasteiger partial charge in [0, 0.05) is 0 Å². The Morgan fingerprint density at radius 3 is 1.12 bits per heavy atom. The Bertz CT molecular complexity index is 58.6. The van der Waals surface area contributed by atoms with E-state index in [0.717, 1.165) is 0 Å². The maximum Gasteiger partial charge on any atom is 4.00 e. The molecule has 0 fully saturated rings. The van der Waals surface area contributed by atoms with Crippen LogP contribution in [0, 0.1) is 0 Å². The van der Waals surface area contributed by atoms with Gasteiger partial charge >= 0.3 is 59.5 Å². The number of hydrogen-bond acceptors (Lipinski definition) is 4. The van der Waals surface area contributed by atoms with Crippen LogP contribution in [0.5, 0.6) is 0 Å². The largest absolute Gasteiger partial charge is 4.00 e. The van der Waals surface area contributed by atoms with Crippen LogP contribution in [0.2, 0.25) is 0 Å². The molecule has 0 spiro atoms. The van der Waals surface area contributed by atoms with Crippen molar-refractivity contribution in [2.24, 2.45) is 0 Å². The van der Waals surface area contributed by atoms with E-state index in [0.29, 0.717) is 0 Å². The second kappa shape index (κ2) is 9.04. The van der Waals surface area contributed by atoms with Crippen molar-refractivity contribution in [3.8, 4) is 0 Å². The summed E-state index contributed by atoms with van der Waals surface area (Å²) in [5.74, 6) is 0. The summed E-state index contributed by atoms with van der Waals surface area (Å²) < 4.78 is 8.55. The van der Waals surface area contributed by atoms with Gasteiger partial charge in [-0.05, 0) is 0 Å². The molecule has 0 N–H and O–H groups in total. The van der Waals surface area contributed by atoms with Crippen molar-refractivity contribution in [2.75, 3.05) is 0 Å². The first kappa shape index (κ1) is 22.5. The molecule has 0 atom stereocenters. The monoisotopic (exact) mass is 199 g/mol. The van der Waals surface area contributed by atoms with Crippen molar-refractivity contribution in [3.63, 3.8) is 0 Å². The predicted molar refractivity (Wildman–Crippen MR) is 14.0 cm³/mol. The summed E-state index contributed by atoms with van der Waals surface area (Å²) >= 11 is 0. The minimum atomic E-state index is -5.39. The zero-order valence-corrected chi connectivity index (χ0v) is 8.36. The molecule has 0 amide bonds. The van der Waals surface area contributed by atoms with E-state index < -0.39 is 7.82 Å². The van der Waals surface area contributed by atoms with Gasteiger partial charge in [-0.3, -0.25) is 0 Å². The second-order valence-electron chi connectivity index (χ2n) is 0.447. The summed E-state index contributed by atoms with van der Waals surface area (Å²) in [6, 6.07) is 0. The fraction of sp³-hybridized carbons (Fsp3) is 0. The normalized spacial score (nSPS) is 7.38. The third kappa shape index (κ3) is 95.5. The van der Waals surface area contributed by atoms with E-state index >= 15 is 0 Å². The van der Waals surface area contributed by atoms with Crippen LogP contribution in [0.15, 0.2) is 0 Å². The molecule has 0 saturated heterocycles. The van der Waals surface area contributed by atoms with E-state index in [4.69, 9.17) is 19.2 Å². The van der Waals surface area contributed by atoms with Gasteiger partial charge in [-0.2, -0.15) is 7.82 Å². The summed E-state index contributed by atoms with van der Waals surface area (Å²) in [6.45, 7) is 0. The Hall–Kier alpha value is 2.04. The van der Waals surface area contributed by atoms with E-state index in [1.54, 1.807) is 0 Å². The van der Waals surface area contributed by atoms with Crippen molar-refractivity contribution in [1.29, 1.82) is 0 Å². The maximum absolute atomic E-state index is 8.55. The first-order chi connectivity index (χ1) is 2.00. The first-order valence-electron chi connectivity index (χ1n) is 0.730. The zero-order chi connectivity index (χ0) is 4.50. The molecule has 0 aliphatic heterocycles. The molecule has 0 unspecified atom stereocenters. The van der Waals surface area contributed by atoms with E-state index in [-0.39, 0.29) is 64.9 Å². The van der Waals surface area contributed by atoms with Gasteiger partial charge in [0.15, 0.2) is 0 Å². The fourth-order valence-electron chi connectivity index (χ4n) is 0. The van der Waals surface area contributed by atoms with Crippen molar-refractivity contribution < 1.29 is 46.4 Å². The topological polar surface area (TPSA) is 115 Å². The summed E-state index contributed by atoms with van der Waals surface area (Å²) in [5, 5.41) is 0. The van der Waals surface area contributed by atoms with Gasteiger partial charge < -0.3 is 24.7 Å².